The predicted octanol–water partition coefficient (Wildman–Crippen LogP) is 3.02. The number of hydrogen-bond donors (Lipinski definition) is 1. The molecule has 110 valence electrons. The van der Waals surface area contributed by atoms with Crippen LogP contribution in [0.5, 0.6) is 5.75 Å². The third-order valence-corrected chi connectivity index (χ3v) is 3.86. The molecule has 2 fully saturated rings. The summed E-state index contributed by atoms with van der Waals surface area (Å²) in [5.41, 5.74) is 0.938. The van der Waals surface area contributed by atoms with Crippen molar-refractivity contribution in [1.82, 2.24) is 5.32 Å². The Hall–Kier alpha value is -1.13. The topological polar surface area (TPSA) is 30.5 Å². The van der Waals surface area contributed by atoms with Crippen LogP contribution in [0.25, 0.3) is 0 Å². The van der Waals surface area contributed by atoms with Gasteiger partial charge < -0.3 is 14.8 Å². The van der Waals surface area contributed by atoms with E-state index < -0.39 is 0 Å². The van der Waals surface area contributed by atoms with Crippen molar-refractivity contribution in [3.05, 3.63) is 29.6 Å². The van der Waals surface area contributed by atoms with Gasteiger partial charge in [0.15, 0.2) is 0 Å². The summed E-state index contributed by atoms with van der Waals surface area (Å²) in [6, 6.07) is 5.54. The summed E-state index contributed by atoms with van der Waals surface area (Å²) in [6.07, 6.45) is 5.02. The van der Waals surface area contributed by atoms with Crippen LogP contribution in [0.3, 0.4) is 0 Å². The van der Waals surface area contributed by atoms with Crippen LogP contribution in [0.1, 0.15) is 38.2 Å². The van der Waals surface area contributed by atoms with E-state index in [1.165, 1.54) is 18.9 Å². The normalized spacial score (nSPS) is 25.9. The summed E-state index contributed by atoms with van der Waals surface area (Å²) < 4.78 is 25.0. The first kappa shape index (κ1) is 13.8. The standard InChI is InChI=1S/C16H22FNO2/c1-11-2-5-15(20-11)10-19-16-7-12(6-13(17)8-16)9-18-14-3-4-14/h6-8,11,14-15,18H,2-5,9-10H2,1H3. The van der Waals surface area contributed by atoms with E-state index in [0.717, 1.165) is 18.4 Å². The molecule has 1 aliphatic heterocycles. The monoisotopic (exact) mass is 279 g/mol. The quantitative estimate of drug-likeness (QED) is 0.868. The Morgan fingerprint density at radius 2 is 2.10 bits per heavy atom. The summed E-state index contributed by atoms with van der Waals surface area (Å²) in [5, 5.41) is 3.38. The number of benzene rings is 1. The van der Waals surface area contributed by atoms with Gasteiger partial charge in [0.05, 0.1) is 12.2 Å². The van der Waals surface area contributed by atoms with Crippen molar-refractivity contribution in [2.75, 3.05) is 6.61 Å². The lowest BCUT2D eigenvalue weighted by Crippen LogP contribution is -2.18. The molecule has 0 amide bonds. The van der Waals surface area contributed by atoms with Gasteiger partial charge in [0.2, 0.25) is 0 Å². The van der Waals surface area contributed by atoms with Gasteiger partial charge in [-0.25, -0.2) is 4.39 Å². The lowest BCUT2D eigenvalue weighted by Gasteiger charge is -2.14. The van der Waals surface area contributed by atoms with Crippen LogP contribution in [0, 0.1) is 5.82 Å². The molecular formula is C16H22FNO2. The lowest BCUT2D eigenvalue weighted by atomic mass is 10.2. The largest absolute Gasteiger partial charge is 0.491 e. The number of nitrogens with one attached hydrogen (secondary N) is 1. The number of halogens is 1. The highest BCUT2D eigenvalue weighted by molar-refractivity contribution is 5.29. The maximum atomic E-state index is 13.6. The predicted molar refractivity (Wildman–Crippen MR) is 75.3 cm³/mol. The molecular weight excluding hydrogens is 257 g/mol. The molecule has 1 aromatic rings. The highest BCUT2D eigenvalue weighted by atomic mass is 19.1. The molecule has 0 bridgehead atoms. The Morgan fingerprint density at radius 1 is 1.25 bits per heavy atom. The molecule has 0 aromatic heterocycles. The molecule has 1 saturated heterocycles. The zero-order chi connectivity index (χ0) is 13.9. The van der Waals surface area contributed by atoms with Crippen molar-refractivity contribution < 1.29 is 13.9 Å². The third kappa shape index (κ3) is 3.93. The van der Waals surface area contributed by atoms with Crippen molar-refractivity contribution in [2.24, 2.45) is 0 Å². The van der Waals surface area contributed by atoms with Gasteiger partial charge in [-0.05, 0) is 50.3 Å². The van der Waals surface area contributed by atoms with Crippen LogP contribution < -0.4 is 10.1 Å². The van der Waals surface area contributed by atoms with Gasteiger partial charge in [0.25, 0.3) is 0 Å². The van der Waals surface area contributed by atoms with Gasteiger partial charge in [-0.3, -0.25) is 0 Å². The number of hydrogen-bond acceptors (Lipinski definition) is 3. The van der Waals surface area contributed by atoms with Crippen molar-refractivity contribution >= 4 is 0 Å². The van der Waals surface area contributed by atoms with E-state index in [4.69, 9.17) is 9.47 Å². The number of ether oxygens (including phenoxy) is 2. The van der Waals surface area contributed by atoms with Gasteiger partial charge in [-0.15, -0.1) is 0 Å². The van der Waals surface area contributed by atoms with E-state index in [1.807, 2.05) is 6.07 Å². The van der Waals surface area contributed by atoms with E-state index in [1.54, 1.807) is 6.07 Å². The molecule has 20 heavy (non-hydrogen) atoms. The van der Waals surface area contributed by atoms with Crippen LogP contribution in [0.4, 0.5) is 4.39 Å². The first-order valence-electron chi connectivity index (χ1n) is 7.50. The highest BCUT2D eigenvalue weighted by Crippen LogP contribution is 2.23. The third-order valence-electron chi connectivity index (χ3n) is 3.86. The fourth-order valence-electron chi connectivity index (χ4n) is 2.55. The van der Waals surface area contributed by atoms with Crippen LogP contribution in [0.2, 0.25) is 0 Å². The fourth-order valence-corrected chi connectivity index (χ4v) is 2.55. The van der Waals surface area contributed by atoms with E-state index in [2.05, 4.69) is 12.2 Å². The van der Waals surface area contributed by atoms with Crippen molar-refractivity contribution in [3.8, 4) is 5.75 Å². The van der Waals surface area contributed by atoms with Crippen LogP contribution >= 0.6 is 0 Å². The van der Waals surface area contributed by atoms with Gasteiger partial charge in [-0.2, -0.15) is 0 Å². The van der Waals surface area contributed by atoms with E-state index in [9.17, 15) is 4.39 Å². The Balaban J connectivity index is 1.54. The van der Waals surface area contributed by atoms with E-state index in [-0.39, 0.29) is 11.9 Å². The summed E-state index contributed by atoms with van der Waals surface area (Å²) >= 11 is 0. The lowest BCUT2D eigenvalue weighted by molar-refractivity contribution is 0.0264. The SMILES string of the molecule is CC1CCC(COc2cc(F)cc(CNC3CC3)c2)O1. The summed E-state index contributed by atoms with van der Waals surface area (Å²) in [4.78, 5) is 0. The van der Waals surface area contributed by atoms with Gasteiger partial charge in [-0.1, -0.05) is 0 Å². The zero-order valence-corrected chi connectivity index (χ0v) is 11.9. The van der Waals surface area contributed by atoms with Gasteiger partial charge in [0, 0.05) is 18.7 Å². The first-order valence-corrected chi connectivity index (χ1v) is 7.50. The first-order chi connectivity index (χ1) is 9.69. The minimum atomic E-state index is -0.240. The molecule has 3 rings (SSSR count). The molecule has 1 aromatic carbocycles. The Morgan fingerprint density at radius 3 is 2.80 bits per heavy atom. The molecule has 0 radical (unpaired) electrons. The summed E-state index contributed by atoms with van der Waals surface area (Å²) in [7, 11) is 0. The second-order valence-electron chi connectivity index (χ2n) is 5.91. The van der Waals surface area contributed by atoms with Crippen LogP contribution in [-0.4, -0.2) is 24.9 Å². The van der Waals surface area contributed by atoms with Crippen LogP contribution in [0.15, 0.2) is 18.2 Å². The van der Waals surface area contributed by atoms with Crippen molar-refractivity contribution in [2.45, 2.75) is 57.4 Å². The van der Waals surface area contributed by atoms with Crippen molar-refractivity contribution in [1.29, 1.82) is 0 Å². The molecule has 2 unspecified atom stereocenters. The highest BCUT2D eigenvalue weighted by Gasteiger charge is 2.22. The second-order valence-corrected chi connectivity index (χ2v) is 5.91. The molecule has 2 aliphatic rings. The van der Waals surface area contributed by atoms with Gasteiger partial charge in [0.1, 0.15) is 18.2 Å². The average molecular weight is 279 g/mol. The molecule has 1 heterocycles. The maximum Gasteiger partial charge on any atom is 0.127 e. The minimum absolute atomic E-state index is 0.140. The zero-order valence-electron chi connectivity index (χ0n) is 11.9. The fraction of sp³-hybridized carbons (Fsp3) is 0.625. The van der Waals surface area contributed by atoms with E-state index in [0.29, 0.717) is 31.0 Å². The Kier molecular flexibility index (Phi) is 4.22. The summed E-state index contributed by atoms with van der Waals surface area (Å²) in [6.45, 7) is 3.28. The molecule has 0 spiro atoms. The van der Waals surface area contributed by atoms with Crippen molar-refractivity contribution in [3.63, 3.8) is 0 Å². The maximum absolute atomic E-state index is 13.6. The summed E-state index contributed by atoms with van der Waals surface area (Å²) in [5.74, 6) is 0.358. The minimum Gasteiger partial charge on any atom is -0.491 e. The van der Waals surface area contributed by atoms with E-state index >= 15 is 0 Å². The molecule has 4 heteroatoms. The second kappa shape index (κ2) is 6.10. The average Bonchev–Trinajstić information content (AvgIpc) is 3.15. The molecule has 1 saturated carbocycles. The Bertz CT molecular complexity index is 462. The molecule has 1 aliphatic carbocycles. The van der Waals surface area contributed by atoms with Gasteiger partial charge >= 0.3 is 0 Å². The van der Waals surface area contributed by atoms with Crippen LogP contribution in [-0.2, 0) is 11.3 Å². The number of rotatable bonds is 6. The smallest absolute Gasteiger partial charge is 0.127 e. The molecule has 1 N–H and O–H groups in total. The Labute approximate surface area is 119 Å². The molecule has 2 atom stereocenters. The molecule has 3 nitrogen and oxygen atoms in total.